The van der Waals surface area contributed by atoms with Crippen LogP contribution >= 0.6 is 46.6 Å². The van der Waals surface area contributed by atoms with Gasteiger partial charge in [-0.1, -0.05) is 72.9 Å². The fourth-order valence-corrected chi connectivity index (χ4v) is 4.58. The van der Waals surface area contributed by atoms with Crippen molar-refractivity contribution in [3.8, 4) is 0 Å². The highest BCUT2D eigenvalue weighted by molar-refractivity contribution is 7.99. The number of nitrogens with one attached hydrogen (secondary N) is 1. The Morgan fingerprint density at radius 3 is 2.42 bits per heavy atom. The number of carbonyl (C=O) groups excluding carboxylic acids is 2. The number of benzene rings is 2. The molecule has 0 aliphatic rings. The van der Waals surface area contributed by atoms with E-state index >= 15 is 0 Å². The molecular weight excluding hydrogens is 475 g/mol. The second-order valence-corrected chi connectivity index (χ2v) is 9.28. The van der Waals surface area contributed by atoms with E-state index in [4.69, 9.17) is 34.8 Å². The van der Waals surface area contributed by atoms with Crippen LogP contribution in [-0.2, 0) is 21.9 Å². The van der Waals surface area contributed by atoms with Crippen LogP contribution in [-0.4, -0.2) is 35.1 Å². The second-order valence-electron chi connectivity index (χ2n) is 7.07. The topological polar surface area (TPSA) is 49.4 Å². The van der Waals surface area contributed by atoms with Gasteiger partial charge in [0, 0.05) is 23.9 Å². The van der Waals surface area contributed by atoms with Gasteiger partial charge in [-0.3, -0.25) is 9.59 Å². The molecule has 0 saturated carbocycles. The van der Waals surface area contributed by atoms with Crippen LogP contribution in [0.25, 0.3) is 0 Å². The largest absolute Gasteiger partial charge is 0.354 e. The van der Waals surface area contributed by atoms with Crippen molar-refractivity contribution in [2.24, 2.45) is 0 Å². The summed E-state index contributed by atoms with van der Waals surface area (Å²) in [5.41, 5.74) is 1.80. The maximum atomic E-state index is 13.2. The Morgan fingerprint density at radius 2 is 1.77 bits per heavy atom. The zero-order valence-electron chi connectivity index (χ0n) is 17.7. The van der Waals surface area contributed by atoms with Crippen molar-refractivity contribution in [2.45, 2.75) is 45.0 Å². The van der Waals surface area contributed by atoms with Crippen LogP contribution in [0.1, 0.15) is 37.8 Å². The molecule has 2 aromatic carbocycles. The van der Waals surface area contributed by atoms with Crippen LogP contribution in [0.15, 0.2) is 42.5 Å². The zero-order valence-corrected chi connectivity index (χ0v) is 20.8. The maximum absolute atomic E-state index is 13.2. The van der Waals surface area contributed by atoms with Gasteiger partial charge >= 0.3 is 0 Å². The molecule has 0 radical (unpaired) electrons. The van der Waals surface area contributed by atoms with E-state index in [-0.39, 0.29) is 24.1 Å². The second kappa shape index (κ2) is 13.2. The first-order chi connectivity index (χ1) is 14.9. The fraction of sp³-hybridized carbons (Fsp3) is 0.391. The predicted molar refractivity (Wildman–Crippen MR) is 132 cm³/mol. The third-order valence-electron chi connectivity index (χ3n) is 4.71. The van der Waals surface area contributed by atoms with E-state index in [1.807, 2.05) is 44.2 Å². The van der Waals surface area contributed by atoms with Crippen molar-refractivity contribution < 1.29 is 9.59 Å². The van der Waals surface area contributed by atoms with Crippen LogP contribution in [0.3, 0.4) is 0 Å². The summed E-state index contributed by atoms with van der Waals surface area (Å²) in [6, 6.07) is 12.3. The number of hydrogen-bond acceptors (Lipinski definition) is 3. The fourth-order valence-electron chi connectivity index (χ4n) is 3.07. The number of rotatable bonds is 11. The van der Waals surface area contributed by atoms with Crippen LogP contribution in [0.2, 0.25) is 15.1 Å². The van der Waals surface area contributed by atoms with Crippen LogP contribution in [0.4, 0.5) is 0 Å². The van der Waals surface area contributed by atoms with Crippen molar-refractivity contribution in [1.29, 1.82) is 0 Å². The summed E-state index contributed by atoms with van der Waals surface area (Å²) in [5.74, 6) is 0.602. The first-order valence-electron chi connectivity index (χ1n) is 10.2. The molecule has 1 atom stereocenters. The summed E-state index contributed by atoms with van der Waals surface area (Å²) in [6.07, 6.45) is 1.34. The van der Waals surface area contributed by atoms with Gasteiger partial charge in [-0.25, -0.2) is 0 Å². The van der Waals surface area contributed by atoms with Gasteiger partial charge in [0.15, 0.2) is 0 Å². The molecule has 0 fully saturated rings. The van der Waals surface area contributed by atoms with Crippen molar-refractivity contribution >= 4 is 58.4 Å². The molecule has 0 saturated heterocycles. The molecule has 1 unspecified atom stereocenters. The maximum Gasteiger partial charge on any atom is 0.242 e. The molecule has 168 valence electrons. The van der Waals surface area contributed by atoms with Gasteiger partial charge in [0.2, 0.25) is 11.8 Å². The molecule has 0 spiro atoms. The van der Waals surface area contributed by atoms with Crippen molar-refractivity contribution in [3.05, 3.63) is 68.7 Å². The molecule has 4 nitrogen and oxygen atoms in total. The standard InChI is InChI=1S/C23H27Cl3N2O2S/c1-3-11-27-23(30)21(4-2)28(13-16-9-10-19(25)20(26)12-16)22(29)15-31-14-17-7-5-6-8-18(17)24/h5-10,12,21H,3-4,11,13-15H2,1-2H3,(H,27,30). The summed E-state index contributed by atoms with van der Waals surface area (Å²) in [4.78, 5) is 27.6. The minimum absolute atomic E-state index is 0.110. The van der Waals surface area contributed by atoms with E-state index in [1.165, 1.54) is 11.8 Å². The lowest BCUT2D eigenvalue weighted by Gasteiger charge is -2.30. The molecular formula is C23H27Cl3N2O2S. The first kappa shape index (κ1) is 25.9. The van der Waals surface area contributed by atoms with Gasteiger partial charge in [-0.05, 0) is 42.2 Å². The zero-order chi connectivity index (χ0) is 22.8. The SMILES string of the molecule is CCCNC(=O)C(CC)N(Cc1ccc(Cl)c(Cl)c1)C(=O)CSCc1ccccc1Cl. The minimum Gasteiger partial charge on any atom is -0.354 e. The van der Waals surface area contributed by atoms with Gasteiger partial charge in [0.1, 0.15) is 6.04 Å². The Hall–Kier alpha value is -1.40. The number of carbonyl (C=O) groups is 2. The van der Waals surface area contributed by atoms with E-state index in [9.17, 15) is 9.59 Å². The Kier molecular flexibility index (Phi) is 11.0. The average Bonchev–Trinajstić information content (AvgIpc) is 2.75. The average molecular weight is 502 g/mol. The van der Waals surface area contributed by atoms with Gasteiger partial charge in [0.25, 0.3) is 0 Å². The van der Waals surface area contributed by atoms with E-state index in [2.05, 4.69) is 5.32 Å². The van der Waals surface area contributed by atoms with Gasteiger partial charge in [0.05, 0.1) is 15.8 Å². The number of halogens is 3. The van der Waals surface area contributed by atoms with Crippen LogP contribution in [0, 0.1) is 0 Å². The lowest BCUT2D eigenvalue weighted by molar-refractivity contribution is -0.139. The number of hydrogen-bond donors (Lipinski definition) is 1. The Labute approximate surface area is 203 Å². The molecule has 0 aromatic heterocycles. The molecule has 2 amide bonds. The minimum atomic E-state index is -0.561. The smallest absolute Gasteiger partial charge is 0.242 e. The van der Waals surface area contributed by atoms with E-state index in [0.29, 0.717) is 33.8 Å². The number of amides is 2. The third-order valence-corrected chi connectivity index (χ3v) is 6.79. The van der Waals surface area contributed by atoms with E-state index in [1.54, 1.807) is 17.0 Å². The summed E-state index contributed by atoms with van der Waals surface area (Å²) in [7, 11) is 0. The van der Waals surface area contributed by atoms with Crippen LogP contribution in [0.5, 0.6) is 0 Å². The molecule has 2 rings (SSSR count). The molecule has 1 N–H and O–H groups in total. The highest BCUT2D eigenvalue weighted by Gasteiger charge is 2.28. The predicted octanol–water partition coefficient (Wildman–Crippen LogP) is 6.21. The molecule has 31 heavy (non-hydrogen) atoms. The molecule has 0 bridgehead atoms. The van der Waals surface area contributed by atoms with Gasteiger partial charge < -0.3 is 10.2 Å². The lowest BCUT2D eigenvalue weighted by Crippen LogP contribution is -2.49. The van der Waals surface area contributed by atoms with Gasteiger partial charge in [-0.2, -0.15) is 0 Å². The number of nitrogens with zero attached hydrogens (tertiary/aromatic N) is 1. The summed E-state index contributed by atoms with van der Waals surface area (Å²) in [5, 5.41) is 4.46. The molecule has 2 aromatic rings. The molecule has 0 aliphatic heterocycles. The molecule has 8 heteroatoms. The first-order valence-corrected chi connectivity index (χ1v) is 12.5. The Balaban J connectivity index is 2.16. The molecule has 0 aliphatic carbocycles. The highest BCUT2D eigenvalue weighted by atomic mass is 35.5. The van der Waals surface area contributed by atoms with Crippen molar-refractivity contribution in [2.75, 3.05) is 12.3 Å². The highest BCUT2D eigenvalue weighted by Crippen LogP contribution is 2.25. The Bertz CT molecular complexity index is 895. The Morgan fingerprint density at radius 1 is 1.03 bits per heavy atom. The molecule has 0 heterocycles. The monoisotopic (exact) mass is 500 g/mol. The number of thioether (sulfide) groups is 1. The van der Waals surface area contributed by atoms with E-state index in [0.717, 1.165) is 17.5 Å². The summed E-state index contributed by atoms with van der Waals surface area (Å²) in [6.45, 7) is 4.75. The third kappa shape index (κ3) is 7.90. The van der Waals surface area contributed by atoms with Gasteiger partial charge in [-0.15, -0.1) is 11.8 Å². The summed E-state index contributed by atoms with van der Waals surface area (Å²) >= 11 is 19.9. The lowest BCUT2D eigenvalue weighted by atomic mass is 10.1. The quantitative estimate of drug-likeness (QED) is 0.398. The van der Waals surface area contributed by atoms with Crippen LogP contribution < -0.4 is 5.32 Å². The van der Waals surface area contributed by atoms with E-state index < -0.39 is 6.04 Å². The normalized spacial score (nSPS) is 11.8. The van der Waals surface area contributed by atoms with Crippen molar-refractivity contribution in [3.63, 3.8) is 0 Å². The van der Waals surface area contributed by atoms with Crippen molar-refractivity contribution in [1.82, 2.24) is 10.2 Å². The summed E-state index contributed by atoms with van der Waals surface area (Å²) < 4.78 is 0.